The molecule has 0 aliphatic carbocycles. The maximum absolute atomic E-state index is 6.07. The van der Waals surface area contributed by atoms with Gasteiger partial charge in [-0.3, -0.25) is 0 Å². The third-order valence-electron chi connectivity index (χ3n) is 2.34. The Labute approximate surface area is 120 Å². The molecule has 1 aromatic carbocycles. The lowest BCUT2D eigenvalue weighted by molar-refractivity contribution is 0.166. The molecule has 2 aromatic rings. The molecular weight excluding hydrogens is 286 g/mol. The molecule has 0 saturated heterocycles. The molecule has 0 bridgehead atoms. The standard InChI is InChI=1S/C12H14ClN3O2S/c1-17-6-9(14)12-15-11(16-18-12)7-19-10-5-3-2-4-8(10)13/h2-5,9H,6-7,14H2,1H3. The van der Waals surface area contributed by atoms with Crippen molar-refractivity contribution in [2.75, 3.05) is 13.7 Å². The summed E-state index contributed by atoms with van der Waals surface area (Å²) in [5, 5.41) is 4.59. The average molecular weight is 300 g/mol. The van der Waals surface area contributed by atoms with Gasteiger partial charge < -0.3 is 15.0 Å². The fraction of sp³-hybridized carbons (Fsp3) is 0.333. The van der Waals surface area contributed by atoms with Crippen molar-refractivity contribution in [3.63, 3.8) is 0 Å². The fourth-order valence-corrected chi connectivity index (χ4v) is 2.51. The molecule has 1 unspecified atom stereocenters. The van der Waals surface area contributed by atoms with Gasteiger partial charge in [-0.2, -0.15) is 4.98 Å². The molecule has 102 valence electrons. The topological polar surface area (TPSA) is 74.2 Å². The number of ether oxygens (including phenoxy) is 1. The molecule has 1 aromatic heterocycles. The Kier molecular flexibility index (Phi) is 5.21. The van der Waals surface area contributed by atoms with Crippen molar-refractivity contribution in [3.8, 4) is 0 Å². The van der Waals surface area contributed by atoms with Crippen molar-refractivity contribution in [3.05, 3.63) is 41.0 Å². The van der Waals surface area contributed by atoms with Crippen LogP contribution in [0.5, 0.6) is 0 Å². The Morgan fingerprint density at radius 3 is 3.00 bits per heavy atom. The van der Waals surface area contributed by atoms with Crippen molar-refractivity contribution in [1.29, 1.82) is 0 Å². The normalized spacial score (nSPS) is 12.6. The van der Waals surface area contributed by atoms with Crippen LogP contribution in [0.15, 0.2) is 33.7 Å². The molecule has 0 radical (unpaired) electrons. The van der Waals surface area contributed by atoms with Gasteiger partial charge in [-0.05, 0) is 12.1 Å². The number of nitrogens with two attached hydrogens (primary N) is 1. The summed E-state index contributed by atoms with van der Waals surface area (Å²) in [6.45, 7) is 0.347. The summed E-state index contributed by atoms with van der Waals surface area (Å²) in [7, 11) is 1.57. The number of halogens is 1. The van der Waals surface area contributed by atoms with E-state index in [2.05, 4.69) is 10.1 Å². The van der Waals surface area contributed by atoms with Gasteiger partial charge in [0.2, 0.25) is 5.89 Å². The van der Waals surface area contributed by atoms with Gasteiger partial charge in [0.05, 0.1) is 17.4 Å². The smallest absolute Gasteiger partial charge is 0.245 e. The molecule has 0 fully saturated rings. The van der Waals surface area contributed by atoms with Crippen molar-refractivity contribution in [1.82, 2.24) is 10.1 Å². The third-order valence-corrected chi connectivity index (χ3v) is 3.85. The van der Waals surface area contributed by atoms with Crippen LogP contribution in [0, 0.1) is 0 Å². The zero-order chi connectivity index (χ0) is 13.7. The number of hydrogen-bond acceptors (Lipinski definition) is 6. The first-order valence-electron chi connectivity index (χ1n) is 5.65. The van der Waals surface area contributed by atoms with E-state index in [1.165, 1.54) is 0 Å². The van der Waals surface area contributed by atoms with Gasteiger partial charge in [-0.1, -0.05) is 28.9 Å². The largest absolute Gasteiger partial charge is 0.383 e. The Hall–Kier alpha value is -1.08. The van der Waals surface area contributed by atoms with Gasteiger partial charge in [-0.25, -0.2) is 0 Å². The number of methoxy groups -OCH3 is 1. The average Bonchev–Trinajstić information content (AvgIpc) is 2.87. The van der Waals surface area contributed by atoms with Crippen LogP contribution < -0.4 is 5.73 Å². The number of thioether (sulfide) groups is 1. The third kappa shape index (κ3) is 3.94. The summed E-state index contributed by atoms with van der Waals surface area (Å²) in [6, 6.07) is 7.23. The summed E-state index contributed by atoms with van der Waals surface area (Å²) in [5.41, 5.74) is 5.80. The zero-order valence-corrected chi connectivity index (χ0v) is 11.9. The van der Waals surface area contributed by atoms with Gasteiger partial charge >= 0.3 is 0 Å². The summed E-state index contributed by atoms with van der Waals surface area (Å²) < 4.78 is 10.0. The van der Waals surface area contributed by atoms with E-state index in [9.17, 15) is 0 Å². The van der Waals surface area contributed by atoms with Crippen LogP contribution >= 0.6 is 23.4 Å². The van der Waals surface area contributed by atoms with Gasteiger partial charge in [0.1, 0.15) is 6.04 Å². The van der Waals surface area contributed by atoms with Crippen molar-refractivity contribution < 1.29 is 9.26 Å². The molecule has 0 aliphatic rings. The van der Waals surface area contributed by atoms with Crippen LogP contribution in [0.2, 0.25) is 5.02 Å². The van der Waals surface area contributed by atoms with Gasteiger partial charge in [-0.15, -0.1) is 11.8 Å². The highest BCUT2D eigenvalue weighted by Gasteiger charge is 2.14. The highest BCUT2D eigenvalue weighted by atomic mass is 35.5. The lowest BCUT2D eigenvalue weighted by atomic mass is 10.3. The maximum Gasteiger partial charge on any atom is 0.245 e. The van der Waals surface area contributed by atoms with Crippen LogP contribution in [-0.4, -0.2) is 23.9 Å². The second-order valence-electron chi connectivity index (χ2n) is 3.83. The number of nitrogens with zero attached hydrogens (tertiary/aromatic N) is 2. The minimum absolute atomic E-state index is 0.347. The lowest BCUT2D eigenvalue weighted by Gasteiger charge is -2.03. The molecule has 2 rings (SSSR count). The molecule has 19 heavy (non-hydrogen) atoms. The molecule has 0 saturated carbocycles. The maximum atomic E-state index is 6.07. The highest BCUT2D eigenvalue weighted by Crippen LogP contribution is 2.28. The van der Waals surface area contributed by atoms with Crippen LogP contribution in [0.25, 0.3) is 0 Å². The lowest BCUT2D eigenvalue weighted by Crippen LogP contribution is -2.16. The first-order valence-corrected chi connectivity index (χ1v) is 7.01. The number of aromatic nitrogens is 2. The molecule has 5 nitrogen and oxygen atoms in total. The number of rotatable bonds is 6. The predicted octanol–water partition coefficient (Wildman–Crippen LogP) is 2.66. The molecule has 0 aliphatic heterocycles. The molecule has 1 heterocycles. The van der Waals surface area contributed by atoms with E-state index in [0.717, 1.165) is 4.90 Å². The van der Waals surface area contributed by atoms with Gasteiger partial charge in [0.25, 0.3) is 0 Å². The molecule has 1 atom stereocenters. The minimum atomic E-state index is -0.392. The molecular formula is C12H14ClN3O2S. The van der Waals surface area contributed by atoms with E-state index >= 15 is 0 Å². The molecule has 0 spiro atoms. The monoisotopic (exact) mass is 299 g/mol. The fourth-order valence-electron chi connectivity index (χ4n) is 1.43. The quantitative estimate of drug-likeness (QED) is 0.827. The van der Waals surface area contributed by atoms with Crippen LogP contribution in [0.4, 0.5) is 0 Å². The van der Waals surface area contributed by atoms with E-state index in [-0.39, 0.29) is 0 Å². The van der Waals surface area contributed by atoms with Gasteiger partial charge in [0.15, 0.2) is 5.82 Å². The summed E-state index contributed by atoms with van der Waals surface area (Å²) in [4.78, 5) is 5.21. The van der Waals surface area contributed by atoms with E-state index < -0.39 is 6.04 Å². The number of benzene rings is 1. The first kappa shape index (κ1) is 14.3. The Balaban J connectivity index is 1.95. The summed E-state index contributed by atoms with van der Waals surface area (Å²) in [6.07, 6.45) is 0. The summed E-state index contributed by atoms with van der Waals surface area (Å²) >= 11 is 7.62. The van der Waals surface area contributed by atoms with E-state index in [0.29, 0.717) is 29.1 Å². The van der Waals surface area contributed by atoms with Crippen molar-refractivity contribution >= 4 is 23.4 Å². The van der Waals surface area contributed by atoms with Crippen LogP contribution in [0.3, 0.4) is 0 Å². The highest BCUT2D eigenvalue weighted by molar-refractivity contribution is 7.98. The second-order valence-corrected chi connectivity index (χ2v) is 5.25. The molecule has 2 N–H and O–H groups in total. The predicted molar refractivity (Wildman–Crippen MR) is 74.1 cm³/mol. The van der Waals surface area contributed by atoms with Crippen LogP contribution in [-0.2, 0) is 10.5 Å². The summed E-state index contributed by atoms with van der Waals surface area (Å²) in [5.74, 6) is 1.55. The second kappa shape index (κ2) is 6.91. The zero-order valence-electron chi connectivity index (χ0n) is 10.4. The molecule has 7 heteroatoms. The SMILES string of the molecule is COCC(N)c1nc(CSc2ccccc2Cl)no1. The van der Waals surface area contributed by atoms with E-state index in [1.54, 1.807) is 18.9 Å². The Morgan fingerprint density at radius 2 is 2.26 bits per heavy atom. The van der Waals surface area contributed by atoms with Crippen molar-refractivity contribution in [2.45, 2.75) is 16.7 Å². The van der Waals surface area contributed by atoms with E-state index in [4.69, 9.17) is 26.6 Å². The van der Waals surface area contributed by atoms with Crippen molar-refractivity contribution in [2.24, 2.45) is 5.73 Å². The number of hydrogen-bond donors (Lipinski definition) is 1. The molecule has 0 amide bonds. The van der Waals surface area contributed by atoms with Gasteiger partial charge in [0, 0.05) is 12.0 Å². The Morgan fingerprint density at radius 1 is 1.47 bits per heavy atom. The first-order chi connectivity index (χ1) is 9.20. The Bertz CT molecular complexity index is 535. The van der Waals surface area contributed by atoms with E-state index in [1.807, 2.05) is 24.3 Å². The van der Waals surface area contributed by atoms with Crippen LogP contribution in [0.1, 0.15) is 17.8 Å². The minimum Gasteiger partial charge on any atom is -0.383 e.